The van der Waals surface area contributed by atoms with Gasteiger partial charge in [-0.3, -0.25) is 0 Å². The van der Waals surface area contributed by atoms with Crippen LogP contribution in [0.3, 0.4) is 0 Å². The summed E-state index contributed by atoms with van der Waals surface area (Å²) in [4.78, 5) is 0. The molecule has 0 radical (unpaired) electrons. The number of aryl methyl sites for hydroxylation is 1. The van der Waals surface area contributed by atoms with Crippen molar-refractivity contribution in [1.29, 1.82) is 0 Å². The number of rotatable bonds is 4. The molecule has 0 aliphatic carbocycles. The molecule has 0 bridgehead atoms. The molecule has 72 valence electrons. The van der Waals surface area contributed by atoms with Crippen molar-refractivity contribution in [2.45, 2.75) is 19.3 Å². The van der Waals surface area contributed by atoms with Crippen LogP contribution < -0.4 is 5.73 Å². The zero-order valence-corrected chi connectivity index (χ0v) is 8.03. The highest BCUT2D eigenvalue weighted by Gasteiger charge is 2.10. The number of nitrogens with two attached hydrogens (primary N) is 1. The maximum atomic E-state index is 9.18. The van der Waals surface area contributed by atoms with Crippen molar-refractivity contribution in [1.82, 2.24) is 0 Å². The van der Waals surface area contributed by atoms with E-state index in [0.29, 0.717) is 6.54 Å². The van der Waals surface area contributed by atoms with Gasteiger partial charge in [-0.05, 0) is 31.0 Å². The van der Waals surface area contributed by atoms with Crippen LogP contribution in [0.25, 0.3) is 0 Å². The summed E-state index contributed by atoms with van der Waals surface area (Å²) < 4.78 is 0. The smallest absolute Gasteiger partial charge is 0.0500 e. The lowest BCUT2D eigenvalue weighted by molar-refractivity contribution is 0.260. The molecule has 13 heavy (non-hydrogen) atoms. The van der Waals surface area contributed by atoms with Crippen molar-refractivity contribution in [2.75, 3.05) is 13.2 Å². The van der Waals surface area contributed by atoms with Crippen LogP contribution in [0.1, 0.15) is 23.5 Å². The summed E-state index contributed by atoms with van der Waals surface area (Å²) in [5, 5.41) is 9.18. The summed E-state index contributed by atoms with van der Waals surface area (Å²) in [6, 6.07) is 8.14. The number of hydrogen-bond acceptors (Lipinski definition) is 2. The molecule has 1 atom stereocenters. The van der Waals surface area contributed by atoms with Crippen LogP contribution in [0.2, 0.25) is 0 Å². The van der Waals surface area contributed by atoms with Crippen molar-refractivity contribution in [2.24, 2.45) is 5.73 Å². The van der Waals surface area contributed by atoms with E-state index in [2.05, 4.69) is 19.1 Å². The largest absolute Gasteiger partial charge is 0.396 e. The molecular weight excluding hydrogens is 162 g/mol. The van der Waals surface area contributed by atoms with Gasteiger partial charge in [0, 0.05) is 12.5 Å². The second kappa shape index (κ2) is 5.00. The van der Waals surface area contributed by atoms with Crippen LogP contribution in [0.4, 0.5) is 0 Å². The van der Waals surface area contributed by atoms with E-state index in [1.807, 2.05) is 12.1 Å². The number of benzene rings is 1. The zero-order valence-electron chi connectivity index (χ0n) is 8.03. The van der Waals surface area contributed by atoms with Gasteiger partial charge in [0.2, 0.25) is 0 Å². The van der Waals surface area contributed by atoms with E-state index in [4.69, 9.17) is 5.73 Å². The first-order chi connectivity index (χ1) is 6.29. The van der Waals surface area contributed by atoms with E-state index in [-0.39, 0.29) is 12.5 Å². The maximum Gasteiger partial charge on any atom is 0.0500 e. The summed E-state index contributed by atoms with van der Waals surface area (Å²) >= 11 is 0. The monoisotopic (exact) mass is 179 g/mol. The fraction of sp³-hybridized carbons (Fsp3) is 0.455. The highest BCUT2D eigenvalue weighted by Crippen LogP contribution is 2.21. The molecule has 0 aliphatic rings. The van der Waals surface area contributed by atoms with Gasteiger partial charge < -0.3 is 10.8 Å². The Balaban J connectivity index is 2.84. The molecule has 1 rings (SSSR count). The normalized spacial score (nSPS) is 12.8. The van der Waals surface area contributed by atoms with Crippen LogP contribution in [0.15, 0.2) is 24.3 Å². The van der Waals surface area contributed by atoms with E-state index >= 15 is 0 Å². The van der Waals surface area contributed by atoms with E-state index in [1.165, 1.54) is 11.1 Å². The Hall–Kier alpha value is -0.860. The molecule has 1 aromatic carbocycles. The predicted octanol–water partition coefficient (Wildman–Crippen LogP) is 1.42. The van der Waals surface area contributed by atoms with Gasteiger partial charge >= 0.3 is 0 Å². The first kappa shape index (κ1) is 10.2. The summed E-state index contributed by atoms with van der Waals surface area (Å²) in [5.74, 6) is 0.200. The number of aliphatic hydroxyl groups is 1. The molecular formula is C11H17NO. The van der Waals surface area contributed by atoms with Crippen LogP contribution >= 0.6 is 0 Å². The topological polar surface area (TPSA) is 46.2 Å². The minimum absolute atomic E-state index is 0.183. The third-order valence-electron chi connectivity index (χ3n) is 2.36. The molecule has 0 fully saturated rings. The standard InChI is InChI=1S/C11H17NO/c1-9-4-2-3-5-11(9)10(8-13)6-7-12/h2-5,10,13H,6-8,12H2,1H3. The highest BCUT2D eigenvalue weighted by molar-refractivity contribution is 5.29. The Labute approximate surface area is 79.4 Å². The van der Waals surface area contributed by atoms with Gasteiger partial charge in [0.1, 0.15) is 0 Å². The maximum absolute atomic E-state index is 9.18. The third-order valence-corrected chi connectivity index (χ3v) is 2.36. The molecule has 0 amide bonds. The van der Waals surface area contributed by atoms with Gasteiger partial charge in [-0.1, -0.05) is 24.3 Å². The van der Waals surface area contributed by atoms with Crippen molar-refractivity contribution < 1.29 is 5.11 Å². The van der Waals surface area contributed by atoms with Gasteiger partial charge in [-0.2, -0.15) is 0 Å². The average molecular weight is 179 g/mol. The first-order valence-corrected chi connectivity index (χ1v) is 4.66. The minimum Gasteiger partial charge on any atom is -0.396 e. The van der Waals surface area contributed by atoms with Crippen molar-refractivity contribution in [3.8, 4) is 0 Å². The number of aliphatic hydroxyl groups excluding tert-OH is 1. The van der Waals surface area contributed by atoms with Crippen LogP contribution in [-0.2, 0) is 0 Å². The molecule has 0 saturated carbocycles. The number of hydrogen-bond donors (Lipinski definition) is 2. The summed E-state index contributed by atoms with van der Waals surface area (Å²) in [7, 11) is 0. The molecule has 3 N–H and O–H groups in total. The third kappa shape index (κ3) is 2.54. The van der Waals surface area contributed by atoms with Gasteiger partial charge in [0.25, 0.3) is 0 Å². The van der Waals surface area contributed by atoms with Crippen molar-refractivity contribution in [3.63, 3.8) is 0 Å². The van der Waals surface area contributed by atoms with Gasteiger partial charge in [0.15, 0.2) is 0 Å². The van der Waals surface area contributed by atoms with E-state index in [9.17, 15) is 5.11 Å². The van der Waals surface area contributed by atoms with Gasteiger partial charge in [0.05, 0.1) is 0 Å². The predicted molar refractivity (Wildman–Crippen MR) is 54.7 cm³/mol. The SMILES string of the molecule is Cc1ccccc1C(CO)CCN. The average Bonchev–Trinajstić information content (AvgIpc) is 2.16. The Morgan fingerprint density at radius 1 is 1.38 bits per heavy atom. The van der Waals surface area contributed by atoms with Gasteiger partial charge in [-0.15, -0.1) is 0 Å². The lowest BCUT2D eigenvalue weighted by Gasteiger charge is -2.15. The second-order valence-corrected chi connectivity index (χ2v) is 3.31. The second-order valence-electron chi connectivity index (χ2n) is 3.31. The summed E-state index contributed by atoms with van der Waals surface area (Å²) in [6.45, 7) is 2.87. The lowest BCUT2D eigenvalue weighted by atomic mass is 9.93. The van der Waals surface area contributed by atoms with Crippen LogP contribution in [0.5, 0.6) is 0 Å². The van der Waals surface area contributed by atoms with Crippen LogP contribution in [-0.4, -0.2) is 18.3 Å². The molecule has 1 unspecified atom stereocenters. The van der Waals surface area contributed by atoms with Crippen molar-refractivity contribution >= 4 is 0 Å². The molecule has 2 nitrogen and oxygen atoms in total. The quantitative estimate of drug-likeness (QED) is 0.734. The summed E-state index contributed by atoms with van der Waals surface area (Å²) in [5.41, 5.74) is 7.93. The molecule has 2 heteroatoms. The lowest BCUT2D eigenvalue weighted by Crippen LogP contribution is -2.11. The Bertz CT molecular complexity index is 260. The van der Waals surface area contributed by atoms with Crippen molar-refractivity contribution in [3.05, 3.63) is 35.4 Å². The fourth-order valence-corrected chi connectivity index (χ4v) is 1.59. The van der Waals surface area contributed by atoms with E-state index in [0.717, 1.165) is 6.42 Å². The molecule has 0 saturated heterocycles. The first-order valence-electron chi connectivity index (χ1n) is 4.66. The van der Waals surface area contributed by atoms with Gasteiger partial charge in [-0.25, -0.2) is 0 Å². The minimum atomic E-state index is 0.183. The van der Waals surface area contributed by atoms with Crippen LogP contribution in [0, 0.1) is 6.92 Å². The highest BCUT2D eigenvalue weighted by atomic mass is 16.3. The molecule has 1 aromatic rings. The fourth-order valence-electron chi connectivity index (χ4n) is 1.59. The Morgan fingerprint density at radius 2 is 2.08 bits per heavy atom. The molecule has 0 heterocycles. The van der Waals surface area contributed by atoms with E-state index in [1.54, 1.807) is 0 Å². The molecule has 0 aliphatic heterocycles. The zero-order chi connectivity index (χ0) is 9.68. The Kier molecular flexibility index (Phi) is 3.93. The summed E-state index contributed by atoms with van der Waals surface area (Å²) in [6.07, 6.45) is 0.849. The Morgan fingerprint density at radius 3 is 2.62 bits per heavy atom. The van der Waals surface area contributed by atoms with E-state index < -0.39 is 0 Å². The molecule has 0 spiro atoms. The molecule has 0 aromatic heterocycles.